The van der Waals surface area contributed by atoms with Crippen LogP contribution in [0.2, 0.25) is 0 Å². The average molecular weight is 205 g/mol. The van der Waals surface area contributed by atoms with E-state index >= 15 is 0 Å². The van der Waals surface area contributed by atoms with Gasteiger partial charge in [-0.15, -0.1) is 0 Å². The van der Waals surface area contributed by atoms with Gasteiger partial charge in [0.2, 0.25) is 0 Å². The lowest BCUT2D eigenvalue weighted by Gasteiger charge is -2.12. The topological polar surface area (TPSA) is 54.3 Å². The van der Waals surface area contributed by atoms with E-state index in [1.807, 2.05) is 11.1 Å². The third-order valence-corrected chi connectivity index (χ3v) is 2.04. The van der Waals surface area contributed by atoms with Gasteiger partial charge in [-0.05, 0) is 13.0 Å². The van der Waals surface area contributed by atoms with Crippen molar-refractivity contribution in [2.75, 3.05) is 13.3 Å². The highest BCUT2D eigenvalue weighted by molar-refractivity contribution is 6.43. The summed E-state index contributed by atoms with van der Waals surface area (Å²) < 4.78 is 4.90. The molecular weight excluding hydrogens is 194 g/mol. The number of fused-ring (bicyclic) bond motifs is 1. The maximum Gasteiger partial charge on any atom is 0.358 e. The normalized spacial score (nSPS) is 18.1. The Kier molecular flexibility index (Phi) is 2.62. The van der Waals surface area contributed by atoms with Crippen molar-refractivity contribution in [3.05, 3.63) is 24.2 Å². The Morgan fingerprint density at radius 3 is 3.33 bits per heavy atom. The maximum atomic E-state index is 11.5. The molecule has 0 aliphatic carbocycles. The minimum atomic E-state index is -0.392. The molecule has 0 aromatic rings. The lowest BCUT2D eigenvalue weighted by Crippen LogP contribution is -2.22. The molecule has 0 amide bonds. The minimum absolute atomic E-state index is 0.348. The van der Waals surface area contributed by atoms with Gasteiger partial charge in [-0.1, -0.05) is 0 Å². The van der Waals surface area contributed by atoms with Crippen LogP contribution in [0.25, 0.3) is 0 Å². The fraction of sp³-hybridized carbons (Fsp3) is 0.300. The summed E-state index contributed by atoms with van der Waals surface area (Å²) in [5.74, 6) is -0.392. The van der Waals surface area contributed by atoms with Gasteiger partial charge in [0.1, 0.15) is 6.67 Å². The monoisotopic (exact) mass is 205 g/mol. The maximum absolute atomic E-state index is 11.5. The van der Waals surface area contributed by atoms with Crippen LogP contribution < -0.4 is 0 Å². The number of hydrogen-bond acceptors (Lipinski definition) is 5. The molecule has 2 rings (SSSR count). The highest BCUT2D eigenvalue weighted by Gasteiger charge is 2.27. The first-order chi connectivity index (χ1) is 7.33. The molecule has 0 atom stereocenters. The lowest BCUT2D eigenvalue weighted by atomic mass is 10.3. The van der Waals surface area contributed by atoms with Gasteiger partial charge in [0.15, 0.2) is 5.71 Å². The Hall–Kier alpha value is -1.91. The van der Waals surface area contributed by atoms with Gasteiger partial charge in [0, 0.05) is 12.4 Å². The van der Waals surface area contributed by atoms with Crippen LogP contribution in [0, 0.1) is 0 Å². The first-order valence-corrected chi connectivity index (χ1v) is 4.71. The van der Waals surface area contributed by atoms with E-state index in [1.165, 1.54) is 0 Å². The largest absolute Gasteiger partial charge is 0.461 e. The van der Waals surface area contributed by atoms with Crippen LogP contribution in [0.4, 0.5) is 0 Å². The molecule has 78 valence electrons. The number of aliphatic imine (C=N–C) groups is 2. The predicted octanol–water partition coefficient (Wildman–Crippen LogP) is 0.703. The van der Waals surface area contributed by atoms with Crippen molar-refractivity contribution >= 4 is 17.9 Å². The lowest BCUT2D eigenvalue weighted by molar-refractivity contribution is -0.134. The molecule has 0 aromatic heterocycles. The van der Waals surface area contributed by atoms with Gasteiger partial charge in [-0.3, -0.25) is 9.98 Å². The van der Waals surface area contributed by atoms with Crippen LogP contribution in [0.5, 0.6) is 0 Å². The second kappa shape index (κ2) is 4.08. The molecular formula is C10H11N3O2. The Balaban J connectivity index is 2.22. The van der Waals surface area contributed by atoms with Gasteiger partial charge >= 0.3 is 5.97 Å². The zero-order valence-electron chi connectivity index (χ0n) is 8.38. The summed E-state index contributed by atoms with van der Waals surface area (Å²) in [6, 6.07) is 0. The van der Waals surface area contributed by atoms with Crippen molar-refractivity contribution in [1.29, 1.82) is 0 Å². The fourth-order valence-corrected chi connectivity index (χ4v) is 1.38. The number of ether oxygens (including phenoxy) is 1. The van der Waals surface area contributed by atoms with Crippen LogP contribution in [-0.4, -0.2) is 36.1 Å². The quantitative estimate of drug-likeness (QED) is 0.623. The molecule has 2 aliphatic rings. The van der Waals surface area contributed by atoms with Crippen LogP contribution >= 0.6 is 0 Å². The second-order valence-corrected chi connectivity index (χ2v) is 2.99. The third kappa shape index (κ3) is 1.81. The van der Waals surface area contributed by atoms with Crippen LogP contribution in [0.15, 0.2) is 34.2 Å². The van der Waals surface area contributed by atoms with E-state index in [2.05, 4.69) is 9.98 Å². The van der Waals surface area contributed by atoms with E-state index in [0.717, 1.165) is 0 Å². The summed E-state index contributed by atoms with van der Waals surface area (Å²) in [6.07, 6.45) is 6.90. The summed E-state index contributed by atoms with van der Waals surface area (Å²) in [6.45, 7) is 2.56. The Morgan fingerprint density at radius 2 is 2.53 bits per heavy atom. The van der Waals surface area contributed by atoms with E-state index in [-0.39, 0.29) is 0 Å². The van der Waals surface area contributed by atoms with Crippen LogP contribution in [0.3, 0.4) is 0 Å². The number of rotatable bonds is 2. The molecule has 0 saturated heterocycles. The van der Waals surface area contributed by atoms with Gasteiger partial charge < -0.3 is 9.64 Å². The van der Waals surface area contributed by atoms with E-state index < -0.39 is 5.97 Å². The first-order valence-electron chi connectivity index (χ1n) is 4.71. The van der Waals surface area contributed by atoms with Crippen molar-refractivity contribution < 1.29 is 9.53 Å². The number of carbonyl (C=O) groups excluding carboxylic acids is 1. The third-order valence-electron chi connectivity index (χ3n) is 2.04. The molecule has 0 saturated carbocycles. The molecule has 5 heteroatoms. The highest BCUT2D eigenvalue weighted by Crippen LogP contribution is 2.17. The minimum Gasteiger partial charge on any atom is -0.461 e. The van der Waals surface area contributed by atoms with E-state index in [0.29, 0.717) is 24.7 Å². The van der Waals surface area contributed by atoms with Gasteiger partial charge in [-0.25, -0.2) is 4.79 Å². The fourth-order valence-electron chi connectivity index (χ4n) is 1.38. The van der Waals surface area contributed by atoms with Crippen LogP contribution in [-0.2, 0) is 9.53 Å². The van der Waals surface area contributed by atoms with Crippen molar-refractivity contribution in [2.24, 2.45) is 9.98 Å². The summed E-state index contributed by atoms with van der Waals surface area (Å²) in [5.41, 5.74) is 1.04. The van der Waals surface area contributed by atoms with Crippen molar-refractivity contribution in [3.8, 4) is 0 Å². The zero-order chi connectivity index (χ0) is 10.7. The average Bonchev–Trinajstić information content (AvgIpc) is 2.48. The molecule has 0 aromatic carbocycles. The van der Waals surface area contributed by atoms with Crippen molar-refractivity contribution in [3.63, 3.8) is 0 Å². The van der Waals surface area contributed by atoms with Gasteiger partial charge in [0.05, 0.1) is 18.5 Å². The second-order valence-electron chi connectivity index (χ2n) is 2.99. The summed E-state index contributed by atoms with van der Waals surface area (Å²) in [4.78, 5) is 21.5. The molecule has 2 heterocycles. The zero-order valence-corrected chi connectivity index (χ0v) is 8.38. The first kappa shape index (κ1) is 9.64. The number of nitrogens with zero attached hydrogens (tertiary/aromatic N) is 3. The molecule has 5 nitrogen and oxygen atoms in total. The number of esters is 1. The molecule has 0 bridgehead atoms. The molecule has 0 unspecified atom stereocenters. The number of allylic oxidation sites excluding steroid dienone is 1. The van der Waals surface area contributed by atoms with Crippen molar-refractivity contribution in [1.82, 2.24) is 4.90 Å². The molecule has 0 spiro atoms. The number of carbonyl (C=O) groups is 1. The Morgan fingerprint density at radius 1 is 1.67 bits per heavy atom. The molecule has 0 fully saturated rings. The summed E-state index contributed by atoms with van der Waals surface area (Å²) in [7, 11) is 0. The number of hydrogen-bond donors (Lipinski definition) is 0. The highest BCUT2D eigenvalue weighted by atomic mass is 16.5. The molecule has 0 radical (unpaired) electrons. The van der Waals surface area contributed by atoms with Gasteiger partial charge in [0.25, 0.3) is 0 Å². The SMILES string of the molecule is CCOC(=O)C1=NCN2C=CC=NC=C12. The summed E-state index contributed by atoms with van der Waals surface area (Å²) >= 11 is 0. The molecule has 2 aliphatic heterocycles. The predicted molar refractivity (Wildman–Crippen MR) is 56.5 cm³/mol. The molecule has 15 heavy (non-hydrogen) atoms. The van der Waals surface area contributed by atoms with Crippen LogP contribution in [0.1, 0.15) is 6.92 Å². The smallest absolute Gasteiger partial charge is 0.358 e. The van der Waals surface area contributed by atoms with E-state index in [9.17, 15) is 4.79 Å². The van der Waals surface area contributed by atoms with E-state index in [4.69, 9.17) is 4.74 Å². The Labute approximate surface area is 87.5 Å². The molecule has 0 N–H and O–H groups in total. The van der Waals surface area contributed by atoms with Crippen molar-refractivity contribution in [2.45, 2.75) is 6.92 Å². The Bertz CT molecular complexity index is 393. The summed E-state index contributed by atoms with van der Waals surface area (Å²) in [5, 5.41) is 0. The van der Waals surface area contributed by atoms with E-state index in [1.54, 1.807) is 25.4 Å². The van der Waals surface area contributed by atoms with Gasteiger partial charge in [-0.2, -0.15) is 0 Å². The standard InChI is InChI=1S/C10H11N3O2/c1-2-15-10(14)9-8-6-11-4-3-5-13(8)7-12-9/h3-6H,2,7H2,1H3.